The monoisotopic (exact) mass is 461 g/mol. The number of nitrogens with one attached hydrogen (secondary N) is 3. The fraction of sp³-hybridized carbons (Fsp3) is 0.722. The fourth-order valence-electron chi connectivity index (χ4n) is 2.37. The molecule has 3 unspecified atom stereocenters. The Morgan fingerprint density at radius 1 is 1.03 bits per heavy atom. The van der Waals surface area contributed by atoms with E-state index in [1.165, 1.54) is 11.8 Å². The van der Waals surface area contributed by atoms with Crippen LogP contribution in [-0.2, 0) is 19.2 Å². The summed E-state index contributed by atoms with van der Waals surface area (Å²) >= 11 is 1.47. The van der Waals surface area contributed by atoms with Gasteiger partial charge in [-0.1, -0.05) is 13.8 Å². The van der Waals surface area contributed by atoms with Crippen molar-refractivity contribution in [3.8, 4) is 0 Å². The number of hydrogen-bond donors (Lipinski definition) is 7. The number of amides is 3. The molecule has 3 amide bonds. The van der Waals surface area contributed by atoms with E-state index in [0.29, 0.717) is 18.6 Å². The lowest BCUT2D eigenvalue weighted by Crippen LogP contribution is -2.54. The summed E-state index contributed by atoms with van der Waals surface area (Å²) in [6, 6.07) is -2.85. The minimum absolute atomic E-state index is 0.0943. The van der Waals surface area contributed by atoms with E-state index in [-0.39, 0.29) is 31.4 Å². The summed E-state index contributed by atoms with van der Waals surface area (Å²) in [5, 5.41) is 16.8. The lowest BCUT2D eigenvalue weighted by atomic mass is 10.1. The second kappa shape index (κ2) is 15.3. The van der Waals surface area contributed by atoms with E-state index in [1.807, 2.05) is 6.26 Å². The zero-order valence-electron chi connectivity index (χ0n) is 18.2. The van der Waals surface area contributed by atoms with Gasteiger partial charge in [0.15, 0.2) is 5.96 Å². The third-order valence-electron chi connectivity index (χ3n) is 4.27. The van der Waals surface area contributed by atoms with E-state index in [0.717, 1.165) is 0 Å². The number of rotatable bonds is 15. The molecule has 0 aromatic rings. The van der Waals surface area contributed by atoms with Gasteiger partial charge in [-0.3, -0.25) is 19.4 Å². The molecule has 0 heterocycles. The molecule has 31 heavy (non-hydrogen) atoms. The number of carboxylic acids is 1. The summed E-state index contributed by atoms with van der Waals surface area (Å²) in [5.41, 5.74) is 16.2. The summed E-state index contributed by atoms with van der Waals surface area (Å²) in [7, 11) is 0. The maximum Gasteiger partial charge on any atom is 0.326 e. The number of guanidine groups is 1. The van der Waals surface area contributed by atoms with Crippen molar-refractivity contribution in [3.63, 3.8) is 0 Å². The lowest BCUT2D eigenvalue weighted by Gasteiger charge is -2.22. The standard InChI is InChI=1S/C18H35N7O5S/c1-10(2)14(19)16(28)23-9-13(26)24-11(6-8-31-3)15(27)25-12(17(29)30)5-4-7-22-18(20)21/h10-12,14H,4-9,19H2,1-3H3,(H,23,28)(H,24,26)(H,25,27)(H,29,30)(H4,20,21,22). The van der Waals surface area contributed by atoms with Crippen LogP contribution in [0.25, 0.3) is 0 Å². The van der Waals surface area contributed by atoms with Gasteiger partial charge in [-0.2, -0.15) is 11.8 Å². The molecule has 0 aliphatic rings. The van der Waals surface area contributed by atoms with Crippen LogP contribution in [0.5, 0.6) is 0 Å². The summed E-state index contributed by atoms with van der Waals surface area (Å²) in [6.45, 7) is 3.45. The van der Waals surface area contributed by atoms with Crippen LogP contribution in [0.15, 0.2) is 4.99 Å². The first-order chi connectivity index (χ1) is 14.5. The van der Waals surface area contributed by atoms with Crippen molar-refractivity contribution in [1.82, 2.24) is 16.0 Å². The number of carboxylic acid groups (broad SMARTS) is 1. The third kappa shape index (κ3) is 12.7. The van der Waals surface area contributed by atoms with Gasteiger partial charge in [-0.25, -0.2) is 4.79 Å². The summed E-state index contributed by atoms with van der Waals surface area (Å²) in [5.74, 6) is -2.51. The second-order valence-corrected chi connectivity index (χ2v) is 8.22. The topological polar surface area (TPSA) is 215 Å². The highest BCUT2D eigenvalue weighted by molar-refractivity contribution is 7.98. The van der Waals surface area contributed by atoms with E-state index in [2.05, 4.69) is 20.9 Å². The molecule has 0 saturated heterocycles. The molecule has 13 heteroatoms. The van der Waals surface area contributed by atoms with Gasteiger partial charge in [0.25, 0.3) is 0 Å². The Morgan fingerprint density at radius 3 is 2.19 bits per heavy atom. The summed E-state index contributed by atoms with van der Waals surface area (Å²) in [6.07, 6.45) is 2.59. The molecule has 0 radical (unpaired) electrons. The van der Waals surface area contributed by atoms with Crippen molar-refractivity contribution in [2.45, 2.75) is 51.2 Å². The van der Waals surface area contributed by atoms with Crippen molar-refractivity contribution in [2.24, 2.45) is 28.1 Å². The quantitative estimate of drug-likeness (QED) is 0.0810. The Labute approximate surface area is 186 Å². The zero-order chi connectivity index (χ0) is 24.0. The number of aliphatic imine (C=N–C) groups is 1. The molecule has 10 N–H and O–H groups in total. The van der Waals surface area contributed by atoms with Crippen molar-refractivity contribution in [1.29, 1.82) is 0 Å². The van der Waals surface area contributed by atoms with Gasteiger partial charge in [-0.05, 0) is 37.2 Å². The summed E-state index contributed by atoms with van der Waals surface area (Å²) in [4.78, 5) is 51.9. The molecular weight excluding hydrogens is 426 g/mol. The van der Waals surface area contributed by atoms with Gasteiger partial charge in [0.2, 0.25) is 17.7 Å². The van der Waals surface area contributed by atoms with Gasteiger partial charge < -0.3 is 38.3 Å². The normalized spacial score (nSPS) is 13.6. The molecule has 178 valence electrons. The number of aliphatic carboxylic acids is 1. The number of carbonyl (C=O) groups is 4. The van der Waals surface area contributed by atoms with Crippen molar-refractivity contribution in [3.05, 3.63) is 0 Å². The maximum atomic E-state index is 12.6. The molecule has 0 aliphatic heterocycles. The molecule has 0 aromatic heterocycles. The molecule has 0 aromatic carbocycles. The van der Waals surface area contributed by atoms with Gasteiger partial charge in [0.1, 0.15) is 12.1 Å². The largest absolute Gasteiger partial charge is 0.480 e. The number of hydrogen-bond acceptors (Lipinski definition) is 7. The number of nitrogens with zero attached hydrogens (tertiary/aromatic N) is 1. The van der Waals surface area contributed by atoms with E-state index >= 15 is 0 Å². The van der Waals surface area contributed by atoms with Crippen LogP contribution in [0.2, 0.25) is 0 Å². The van der Waals surface area contributed by atoms with Gasteiger partial charge in [-0.15, -0.1) is 0 Å². The molecule has 0 rings (SSSR count). The smallest absolute Gasteiger partial charge is 0.326 e. The maximum absolute atomic E-state index is 12.6. The molecular formula is C18H35N7O5S. The number of thioether (sulfide) groups is 1. The highest BCUT2D eigenvalue weighted by atomic mass is 32.2. The molecule has 0 saturated carbocycles. The van der Waals surface area contributed by atoms with E-state index in [4.69, 9.17) is 17.2 Å². The van der Waals surface area contributed by atoms with Crippen LogP contribution in [-0.4, -0.2) is 78.0 Å². The molecule has 0 spiro atoms. The van der Waals surface area contributed by atoms with Gasteiger partial charge in [0, 0.05) is 6.54 Å². The Bertz CT molecular complexity index is 641. The third-order valence-corrected chi connectivity index (χ3v) is 4.91. The molecule has 0 aliphatic carbocycles. The predicted molar refractivity (Wildman–Crippen MR) is 120 cm³/mol. The van der Waals surface area contributed by atoms with Crippen LogP contribution >= 0.6 is 11.8 Å². The predicted octanol–water partition coefficient (Wildman–Crippen LogP) is -2.05. The van der Waals surface area contributed by atoms with Crippen LogP contribution in [0.1, 0.15) is 33.1 Å². The number of carbonyl (C=O) groups excluding carboxylic acids is 3. The van der Waals surface area contributed by atoms with Crippen molar-refractivity contribution in [2.75, 3.05) is 25.1 Å². The molecule has 12 nitrogen and oxygen atoms in total. The first-order valence-electron chi connectivity index (χ1n) is 9.89. The molecule has 0 bridgehead atoms. The Hall–Kier alpha value is -2.54. The van der Waals surface area contributed by atoms with E-state index < -0.39 is 41.8 Å². The molecule has 0 fully saturated rings. The van der Waals surface area contributed by atoms with Gasteiger partial charge in [0.05, 0.1) is 12.6 Å². The zero-order valence-corrected chi connectivity index (χ0v) is 19.0. The van der Waals surface area contributed by atoms with Crippen molar-refractivity contribution < 1.29 is 24.3 Å². The first-order valence-corrected chi connectivity index (χ1v) is 11.3. The van der Waals surface area contributed by atoms with E-state index in [1.54, 1.807) is 13.8 Å². The van der Waals surface area contributed by atoms with Crippen LogP contribution in [0.3, 0.4) is 0 Å². The average molecular weight is 462 g/mol. The fourth-order valence-corrected chi connectivity index (χ4v) is 2.84. The Kier molecular flexibility index (Phi) is 14.0. The SMILES string of the molecule is CSCCC(NC(=O)CNC(=O)C(N)C(C)C)C(=O)NC(CCCN=C(N)N)C(=O)O. The highest BCUT2D eigenvalue weighted by Crippen LogP contribution is 2.04. The first kappa shape index (κ1) is 28.5. The Morgan fingerprint density at radius 2 is 1.68 bits per heavy atom. The second-order valence-electron chi connectivity index (χ2n) is 7.24. The van der Waals surface area contributed by atoms with Crippen LogP contribution < -0.4 is 33.2 Å². The Balaban J connectivity index is 4.88. The minimum atomic E-state index is -1.21. The lowest BCUT2D eigenvalue weighted by molar-refractivity contribution is -0.142. The minimum Gasteiger partial charge on any atom is -0.480 e. The molecule has 3 atom stereocenters. The van der Waals surface area contributed by atoms with Gasteiger partial charge >= 0.3 is 5.97 Å². The average Bonchev–Trinajstić information content (AvgIpc) is 2.70. The van der Waals surface area contributed by atoms with Crippen LogP contribution in [0.4, 0.5) is 0 Å². The summed E-state index contributed by atoms with van der Waals surface area (Å²) < 4.78 is 0. The van der Waals surface area contributed by atoms with Crippen molar-refractivity contribution >= 4 is 41.4 Å². The van der Waals surface area contributed by atoms with E-state index in [9.17, 15) is 24.3 Å². The van der Waals surface area contributed by atoms with Crippen LogP contribution in [0, 0.1) is 5.92 Å². The highest BCUT2D eigenvalue weighted by Gasteiger charge is 2.26. The number of nitrogens with two attached hydrogens (primary N) is 3.